The zero-order chi connectivity index (χ0) is 11.4. The lowest BCUT2D eigenvalue weighted by atomic mass is 10.2. The van der Waals surface area contributed by atoms with Crippen molar-refractivity contribution in [3.63, 3.8) is 0 Å². The number of benzene rings is 1. The maximum absolute atomic E-state index is 4.11. The molecule has 0 fully saturated rings. The molecule has 3 heteroatoms. The summed E-state index contributed by atoms with van der Waals surface area (Å²) in [6.07, 6.45) is 4.87. The Hall–Kier alpha value is -1.06. The van der Waals surface area contributed by atoms with Gasteiger partial charge in [-0.15, -0.1) is 0 Å². The van der Waals surface area contributed by atoms with E-state index in [1.807, 2.05) is 18.5 Å². The van der Waals surface area contributed by atoms with Gasteiger partial charge in [0.1, 0.15) is 0 Å². The van der Waals surface area contributed by atoms with Gasteiger partial charge in [0, 0.05) is 28.7 Å². The summed E-state index contributed by atoms with van der Waals surface area (Å²) in [5, 5.41) is 2.43. The number of nitrogens with one attached hydrogen (secondary N) is 1. The van der Waals surface area contributed by atoms with Gasteiger partial charge >= 0.3 is 0 Å². The molecule has 16 heavy (non-hydrogen) atoms. The summed E-state index contributed by atoms with van der Waals surface area (Å²) < 4.78 is 3.41. The summed E-state index contributed by atoms with van der Waals surface area (Å²) in [6.45, 7) is 4.38. The van der Waals surface area contributed by atoms with E-state index in [1.165, 1.54) is 15.7 Å². The van der Waals surface area contributed by atoms with E-state index in [9.17, 15) is 0 Å². The van der Waals surface area contributed by atoms with Crippen LogP contribution in [0.2, 0.25) is 0 Å². The standard InChI is InChI=1S/C13H16N2S/c1-3-10(2)15-16-13-5-4-12-9-14-7-6-11(12)8-13/h4-10,15H,3H2,1-2H3/t10-/m1/s1. The summed E-state index contributed by atoms with van der Waals surface area (Å²) in [5.41, 5.74) is 0. The number of nitrogens with zero attached hydrogens (tertiary/aromatic N) is 1. The van der Waals surface area contributed by atoms with Crippen LogP contribution >= 0.6 is 11.9 Å². The highest BCUT2D eigenvalue weighted by molar-refractivity contribution is 7.97. The molecule has 84 valence electrons. The molecule has 0 saturated carbocycles. The molecule has 1 atom stereocenters. The van der Waals surface area contributed by atoms with Crippen molar-refractivity contribution < 1.29 is 0 Å². The maximum atomic E-state index is 4.11. The number of rotatable bonds is 4. The van der Waals surface area contributed by atoms with Crippen molar-refractivity contribution in [1.82, 2.24) is 9.71 Å². The maximum Gasteiger partial charge on any atom is 0.0346 e. The molecule has 0 radical (unpaired) electrons. The Labute approximate surface area is 101 Å². The fourth-order valence-electron chi connectivity index (χ4n) is 1.38. The second kappa shape index (κ2) is 5.32. The number of hydrogen-bond donors (Lipinski definition) is 1. The average molecular weight is 232 g/mol. The highest BCUT2D eigenvalue weighted by atomic mass is 32.2. The highest BCUT2D eigenvalue weighted by Gasteiger charge is 2.00. The minimum Gasteiger partial charge on any atom is -0.264 e. The van der Waals surface area contributed by atoms with Crippen LogP contribution in [-0.2, 0) is 0 Å². The predicted octanol–water partition coefficient (Wildman–Crippen LogP) is 3.63. The van der Waals surface area contributed by atoms with Crippen molar-refractivity contribution in [3.05, 3.63) is 36.7 Å². The van der Waals surface area contributed by atoms with E-state index in [0.717, 1.165) is 6.42 Å². The Bertz CT molecular complexity index is 470. The van der Waals surface area contributed by atoms with Crippen LogP contribution in [0.4, 0.5) is 0 Å². The van der Waals surface area contributed by atoms with E-state index in [1.54, 1.807) is 11.9 Å². The first kappa shape index (κ1) is 11.4. The van der Waals surface area contributed by atoms with Gasteiger partial charge in [-0.25, -0.2) is 0 Å². The van der Waals surface area contributed by atoms with Crippen LogP contribution in [0.15, 0.2) is 41.6 Å². The van der Waals surface area contributed by atoms with Crippen LogP contribution in [0.5, 0.6) is 0 Å². The van der Waals surface area contributed by atoms with Crippen molar-refractivity contribution in [2.24, 2.45) is 0 Å². The zero-order valence-electron chi connectivity index (χ0n) is 9.60. The molecular weight excluding hydrogens is 216 g/mol. The summed E-state index contributed by atoms with van der Waals surface area (Å²) in [6, 6.07) is 9.02. The van der Waals surface area contributed by atoms with Crippen LogP contribution in [-0.4, -0.2) is 11.0 Å². The van der Waals surface area contributed by atoms with E-state index < -0.39 is 0 Å². The third-order valence-corrected chi connectivity index (χ3v) is 3.61. The van der Waals surface area contributed by atoms with E-state index in [0.29, 0.717) is 6.04 Å². The minimum absolute atomic E-state index is 0.540. The van der Waals surface area contributed by atoms with Gasteiger partial charge in [-0.1, -0.05) is 13.0 Å². The Morgan fingerprint density at radius 2 is 2.19 bits per heavy atom. The Morgan fingerprint density at radius 3 is 3.00 bits per heavy atom. The van der Waals surface area contributed by atoms with E-state index >= 15 is 0 Å². The molecule has 0 aliphatic carbocycles. The Morgan fingerprint density at radius 1 is 1.31 bits per heavy atom. The normalized spacial score (nSPS) is 12.9. The van der Waals surface area contributed by atoms with Gasteiger partial charge in [0.05, 0.1) is 0 Å². The largest absolute Gasteiger partial charge is 0.264 e. The van der Waals surface area contributed by atoms with Crippen molar-refractivity contribution in [2.75, 3.05) is 0 Å². The van der Waals surface area contributed by atoms with Crippen molar-refractivity contribution >= 4 is 22.7 Å². The summed E-state index contributed by atoms with van der Waals surface area (Å²) in [7, 11) is 0. The predicted molar refractivity (Wildman–Crippen MR) is 70.5 cm³/mol. The fraction of sp³-hybridized carbons (Fsp3) is 0.308. The molecule has 0 aliphatic heterocycles. The van der Waals surface area contributed by atoms with E-state index in [-0.39, 0.29) is 0 Å². The number of pyridine rings is 1. The van der Waals surface area contributed by atoms with Gasteiger partial charge in [-0.05, 0) is 48.9 Å². The van der Waals surface area contributed by atoms with Crippen molar-refractivity contribution in [3.8, 4) is 0 Å². The van der Waals surface area contributed by atoms with Crippen molar-refractivity contribution in [2.45, 2.75) is 31.2 Å². The summed E-state index contributed by atoms with van der Waals surface area (Å²) in [4.78, 5) is 5.36. The molecule has 0 aliphatic rings. The summed E-state index contributed by atoms with van der Waals surface area (Å²) in [5.74, 6) is 0. The van der Waals surface area contributed by atoms with Gasteiger partial charge < -0.3 is 0 Å². The molecular formula is C13H16N2S. The molecule has 2 aromatic rings. The SMILES string of the molecule is CC[C@@H](C)NSc1ccc2cnccc2c1. The Kier molecular flexibility index (Phi) is 3.80. The first-order chi connectivity index (χ1) is 7.79. The second-order valence-electron chi connectivity index (χ2n) is 3.91. The second-order valence-corrected chi connectivity index (χ2v) is 4.83. The zero-order valence-corrected chi connectivity index (χ0v) is 10.4. The van der Waals surface area contributed by atoms with E-state index in [2.05, 4.69) is 41.8 Å². The molecule has 1 N–H and O–H groups in total. The fourth-order valence-corrected chi connectivity index (χ4v) is 2.20. The minimum atomic E-state index is 0.540. The van der Waals surface area contributed by atoms with Gasteiger partial charge in [0.25, 0.3) is 0 Å². The number of hydrogen-bond acceptors (Lipinski definition) is 3. The lowest BCUT2D eigenvalue weighted by Crippen LogP contribution is -2.17. The molecule has 0 amide bonds. The molecule has 1 aromatic carbocycles. The molecule has 1 aromatic heterocycles. The van der Waals surface area contributed by atoms with Crippen LogP contribution in [0.1, 0.15) is 20.3 Å². The first-order valence-electron chi connectivity index (χ1n) is 5.55. The van der Waals surface area contributed by atoms with Gasteiger partial charge in [0.2, 0.25) is 0 Å². The highest BCUT2D eigenvalue weighted by Crippen LogP contribution is 2.21. The molecule has 0 unspecified atom stereocenters. The third-order valence-electron chi connectivity index (χ3n) is 2.60. The van der Waals surface area contributed by atoms with Crippen LogP contribution in [0.25, 0.3) is 10.8 Å². The topological polar surface area (TPSA) is 24.9 Å². The lowest BCUT2D eigenvalue weighted by molar-refractivity contribution is 0.669. The molecule has 0 bridgehead atoms. The van der Waals surface area contributed by atoms with Gasteiger partial charge in [0.15, 0.2) is 0 Å². The van der Waals surface area contributed by atoms with Crippen molar-refractivity contribution in [1.29, 1.82) is 0 Å². The molecule has 2 rings (SSSR count). The summed E-state index contributed by atoms with van der Waals surface area (Å²) >= 11 is 1.70. The van der Waals surface area contributed by atoms with Crippen LogP contribution < -0.4 is 4.72 Å². The van der Waals surface area contributed by atoms with Gasteiger partial charge in [-0.2, -0.15) is 0 Å². The van der Waals surface area contributed by atoms with Gasteiger partial charge in [-0.3, -0.25) is 9.71 Å². The molecule has 2 nitrogen and oxygen atoms in total. The first-order valence-corrected chi connectivity index (χ1v) is 6.37. The smallest absolute Gasteiger partial charge is 0.0346 e. The van der Waals surface area contributed by atoms with E-state index in [4.69, 9.17) is 0 Å². The number of fused-ring (bicyclic) bond motifs is 1. The lowest BCUT2D eigenvalue weighted by Gasteiger charge is -2.10. The van der Waals surface area contributed by atoms with Crippen LogP contribution in [0.3, 0.4) is 0 Å². The molecule has 1 heterocycles. The van der Waals surface area contributed by atoms with Crippen LogP contribution in [0, 0.1) is 0 Å². The molecule has 0 spiro atoms. The molecule has 0 saturated heterocycles. The average Bonchev–Trinajstić information content (AvgIpc) is 2.35. The third kappa shape index (κ3) is 2.74. The number of aromatic nitrogens is 1. The monoisotopic (exact) mass is 232 g/mol. The Balaban J connectivity index is 2.13. The quantitative estimate of drug-likeness (QED) is 0.815.